The molecule has 0 aromatic heterocycles. The van der Waals surface area contributed by atoms with Crippen LogP contribution in [0.4, 0.5) is 5.69 Å². The number of benzene rings is 4. The minimum absolute atomic E-state index is 0.428. The van der Waals surface area contributed by atoms with Crippen LogP contribution in [0, 0.1) is 0 Å². The number of halogens is 2. The molecule has 0 saturated carbocycles. The van der Waals surface area contributed by atoms with E-state index in [0.29, 0.717) is 11.8 Å². The van der Waals surface area contributed by atoms with Crippen LogP contribution in [0.5, 0.6) is 0 Å². The van der Waals surface area contributed by atoms with Crippen molar-refractivity contribution in [3.63, 3.8) is 0 Å². The molecule has 0 aliphatic carbocycles. The van der Waals surface area contributed by atoms with Gasteiger partial charge in [-0.15, -0.1) is 0 Å². The van der Waals surface area contributed by atoms with Crippen LogP contribution in [-0.2, 0) is 10.9 Å². The zero-order chi connectivity index (χ0) is 25.9. The maximum absolute atomic E-state index is 5.13. The SMILES string of the molecule is CC(C)c1cccc(C(C)C)c1N=Cc1ccccc1P(c1ccccc1)c1ccccc1.[Br][Ni][Br]. The van der Waals surface area contributed by atoms with Gasteiger partial charge in [0.05, 0.1) is 5.69 Å². The summed E-state index contributed by atoms with van der Waals surface area (Å²) in [5, 5.41) is 4.04. The summed E-state index contributed by atoms with van der Waals surface area (Å²) in [5.41, 5.74) is 4.93. The molecule has 0 spiro atoms. The van der Waals surface area contributed by atoms with E-state index in [1.54, 1.807) is 0 Å². The van der Waals surface area contributed by atoms with Crippen LogP contribution in [0.15, 0.2) is 108 Å². The number of aliphatic imine (C=N–C) groups is 1. The third-order valence-corrected chi connectivity index (χ3v) is 8.40. The van der Waals surface area contributed by atoms with Gasteiger partial charge in [-0.25, -0.2) is 0 Å². The Morgan fingerprint density at radius 1 is 0.639 bits per heavy atom. The number of hydrogen-bond acceptors (Lipinski definition) is 1. The molecule has 5 heteroatoms. The van der Waals surface area contributed by atoms with Crippen molar-refractivity contribution in [1.29, 1.82) is 0 Å². The maximum atomic E-state index is 5.13. The van der Waals surface area contributed by atoms with Gasteiger partial charge in [-0.2, -0.15) is 0 Å². The van der Waals surface area contributed by atoms with Crippen LogP contribution in [0.25, 0.3) is 0 Å². The Labute approximate surface area is 238 Å². The Morgan fingerprint density at radius 2 is 1.08 bits per heavy atom. The van der Waals surface area contributed by atoms with E-state index in [0.717, 1.165) is 5.69 Å². The van der Waals surface area contributed by atoms with Gasteiger partial charge in [0, 0.05) is 11.8 Å². The molecule has 1 nitrogen and oxygen atoms in total. The monoisotopic (exact) mass is 665 g/mol. The number of para-hydroxylation sites is 1. The fourth-order valence-corrected chi connectivity index (χ4v) is 6.60. The summed E-state index contributed by atoms with van der Waals surface area (Å²) in [5.74, 6) is 0.855. The molecule has 4 aromatic carbocycles. The quantitative estimate of drug-likeness (QED) is 0.106. The first-order chi connectivity index (χ1) is 17.5. The third kappa shape index (κ3) is 7.72. The predicted molar refractivity (Wildman–Crippen MR) is 165 cm³/mol. The predicted octanol–water partition coefficient (Wildman–Crippen LogP) is 9.13. The standard InChI is InChI=1S/C31H32NP.2BrH.Ni/c1-23(2)28-19-13-20-29(24(3)4)31(28)32-22-25-14-11-12-21-30(25)33(26-15-7-5-8-16-26)27-17-9-6-10-18-27;;;/h5-24H,1-4H3;2*1H;/q;;;+2/p-2. The van der Waals surface area contributed by atoms with Gasteiger partial charge in [-0.3, -0.25) is 4.99 Å². The molecule has 4 aromatic rings. The number of hydrogen-bond donors (Lipinski definition) is 0. The second kappa shape index (κ2) is 15.0. The van der Waals surface area contributed by atoms with Crippen LogP contribution < -0.4 is 15.9 Å². The Balaban J connectivity index is 0.00000115. The van der Waals surface area contributed by atoms with Gasteiger partial charge in [-0.05, 0) is 46.8 Å². The summed E-state index contributed by atoms with van der Waals surface area (Å²) >= 11 is 6.00. The summed E-state index contributed by atoms with van der Waals surface area (Å²) in [4.78, 5) is 5.13. The Bertz CT molecular complexity index is 1180. The molecule has 0 heterocycles. The van der Waals surface area contributed by atoms with E-state index in [-0.39, 0.29) is 0 Å². The van der Waals surface area contributed by atoms with E-state index < -0.39 is 7.92 Å². The zero-order valence-corrected chi connectivity index (χ0v) is 26.1. The minimum atomic E-state index is -0.679. The Kier molecular flexibility index (Phi) is 12.1. The molecular weight excluding hydrogens is 636 g/mol. The first-order valence-corrected chi connectivity index (χ1v) is 18.2. The van der Waals surface area contributed by atoms with E-state index in [9.17, 15) is 0 Å². The first-order valence-electron chi connectivity index (χ1n) is 12.0. The Morgan fingerprint density at radius 3 is 1.56 bits per heavy atom. The zero-order valence-electron chi connectivity index (χ0n) is 21.0. The molecule has 0 saturated heterocycles. The molecule has 0 aliphatic rings. The molecule has 0 fully saturated rings. The van der Waals surface area contributed by atoms with Crippen LogP contribution >= 0.6 is 36.4 Å². The summed E-state index contributed by atoms with van der Waals surface area (Å²) < 4.78 is 0. The van der Waals surface area contributed by atoms with Crippen molar-refractivity contribution in [2.75, 3.05) is 0 Å². The van der Waals surface area contributed by atoms with Gasteiger partial charge in [-0.1, -0.05) is 131 Å². The van der Waals surface area contributed by atoms with Crippen molar-refractivity contribution >= 4 is 64.2 Å². The molecule has 0 unspecified atom stereocenters. The topological polar surface area (TPSA) is 12.4 Å². The van der Waals surface area contributed by atoms with Crippen molar-refractivity contribution in [3.05, 3.63) is 120 Å². The summed E-state index contributed by atoms with van der Waals surface area (Å²) in [7, 11) is 0.571. The average molecular weight is 668 g/mol. The Hall–Kier alpha value is -1.57. The van der Waals surface area contributed by atoms with Gasteiger partial charge in [0.1, 0.15) is 0 Å². The molecule has 0 bridgehead atoms. The summed E-state index contributed by atoms with van der Waals surface area (Å²) in [6.07, 6.45) is 2.09. The van der Waals surface area contributed by atoms with Crippen molar-refractivity contribution in [2.24, 2.45) is 4.99 Å². The first kappa shape index (κ1) is 29.0. The average Bonchev–Trinajstić information content (AvgIpc) is 2.89. The second-order valence-corrected chi connectivity index (χ2v) is 16.1. The van der Waals surface area contributed by atoms with E-state index in [4.69, 9.17) is 4.99 Å². The molecule has 36 heavy (non-hydrogen) atoms. The van der Waals surface area contributed by atoms with Crippen LogP contribution in [0.3, 0.4) is 0 Å². The molecule has 0 atom stereocenters. The van der Waals surface area contributed by atoms with Gasteiger partial charge in [0.25, 0.3) is 0 Å². The summed E-state index contributed by atoms with van der Waals surface area (Å²) in [6, 6.07) is 37.1. The fourth-order valence-electron chi connectivity index (χ4n) is 4.18. The van der Waals surface area contributed by atoms with Gasteiger partial charge < -0.3 is 0 Å². The number of nitrogens with zero attached hydrogens (tertiary/aromatic N) is 1. The second-order valence-electron chi connectivity index (χ2n) is 8.96. The molecule has 0 N–H and O–H groups in total. The van der Waals surface area contributed by atoms with E-state index in [2.05, 4.69) is 165 Å². The van der Waals surface area contributed by atoms with Crippen LogP contribution in [-0.4, -0.2) is 6.21 Å². The molecule has 190 valence electrons. The van der Waals surface area contributed by atoms with E-state index in [1.165, 1.54) is 43.5 Å². The molecular formula is C31H32Br2NNiP. The van der Waals surface area contributed by atoms with Crippen molar-refractivity contribution in [3.8, 4) is 0 Å². The van der Waals surface area contributed by atoms with Gasteiger partial charge >= 0.3 is 39.3 Å². The molecule has 0 radical (unpaired) electrons. The van der Waals surface area contributed by atoms with Crippen molar-refractivity contribution in [2.45, 2.75) is 39.5 Å². The fraction of sp³-hybridized carbons (Fsp3) is 0.194. The van der Waals surface area contributed by atoms with Crippen LogP contribution in [0.1, 0.15) is 56.2 Å². The molecule has 0 aliphatic heterocycles. The number of rotatable bonds is 7. The normalized spacial score (nSPS) is 11.4. The van der Waals surface area contributed by atoms with Crippen molar-refractivity contribution in [1.82, 2.24) is 0 Å². The third-order valence-electron chi connectivity index (χ3n) is 5.88. The molecule has 0 amide bonds. The van der Waals surface area contributed by atoms with Gasteiger partial charge in [0.2, 0.25) is 0 Å². The van der Waals surface area contributed by atoms with Crippen molar-refractivity contribution < 1.29 is 10.9 Å². The van der Waals surface area contributed by atoms with E-state index in [1.807, 2.05) is 0 Å². The van der Waals surface area contributed by atoms with Crippen LogP contribution in [0.2, 0.25) is 0 Å². The van der Waals surface area contributed by atoms with Gasteiger partial charge in [0.15, 0.2) is 0 Å². The molecule has 4 rings (SSSR count). The summed E-state index contributed by atoms with van der Waals surface area (Å²) in [6.45, 7) is 8.99. The van der Waals surface area contributed by atoms with E-state index >= 15 is 0 Å².